The molecule has 0 atom stereocenters. The van der Waals surface area contributed by atoms with E-state index < -0.39 is 0 Å². The Bertz CT molecular complexity index is 1150. The van der Waals surface area contributed by atoms with Gasteiger partial charge in [-0.15, -0.1) is 0 Å². The van der Waals surface area contributed by atoms with Gasteiger partial charge >= 0.3 is 0 Å². The molecule has 2 nitrogen and oxygen atoms in total. The standard InChI is InChI=1S/C20H13ClN2/c21-20-22-18-9-5-4-8-17(18)19(23-20)16-12-10-15(11-13-16)14-6-2-1-3-7-14/h1-13H/i10D,11D,12D,13D. The van der Waals surface area contributed by atoms with E-state index in [0.29, 0.717) is 22.2 Å². The highest BCUT2D eigenvalue weighted by Crippen LogP contribution is 2.29. The summed E-state index contributed by atoms with van der Waals surface area (Å²) in [7, 11) is 0. The van der Waals surface area contributed by atoms with Crippen LogP contribution in [0.2, 0.25) is 5.28 Å². The first-order valence-corrected chi connectivity index (χ1v) is 7.45. The van der Waals surface area contributed by atoms with Crippen LogP contribution in [-0.2, 0) is 0 Å². The third-order valence-electron chi connectivity index (χ3n) is 3.50. The molecule has 0 amide bonds. The van der Waals surface area contributed by atoms with Crippen LogP contribution in [0.25, 0.3) is 33.3 Å². The minimum absolute atomic E-state index is 0.00676. The van der Waals surface area contributed by atoms with Crippen molar-refractivity contribution in [3.63, 3.8) is 0 Å². The lowest BCUT2D eigenvalue weighted by Crippen LogP contribution is -1.91. The van der Waals surface area contributed by atoms with E-state index in [1.165, 1.54) is 0 Å². The van der Waals surface area contributed by atoms with Crippen LogP contribution >= 0.6 is 11.6 Å². The fourth-order valence-corrected chi connectivity index (χ4v) is 2.59. The maximum absolute atomic E-state index is 8.51. The Labute approximate surface area is 145 Å². The fourth-order valence-electron chi connectivity index (χ4n) is 2.42. The van der Waals surface area contributed by atoms with E-state index in [4.69, 9.17) is 17.1 Å². The van der Waals surface area contributed by atoms with Crippen molar-refractivity contribution in [2.45, 2.75) is 0 Å². The van der Waals surface area contributed by atoms with Crippen molar-refractivity contribution >= 4 is 22.5 Å². The van der Waals surface area contributed by atoms with E-state index in [1.54, 1.807) is 42.5 Å². The molecule has 4 aromatic rings. The van der Waals surface area contributed by atoms with Crippen molar-refractivity contribution in [1.82, 2.24) is 9.97 Å². The number of rotatable bonds is 2. The summed E-state index contributed by atoms with van der Waals surface area (Å²) in [6.45, 7) is 0. The summed E-state index contributed by atoms with van der Waals surface area (Å²) in [6.07, 6.45) is 0. The number of hydrogen-bond donors (Lipinski definition) is 0. The van der Waals surface area contributed by atoms with Crippen molar-refractivity contribution < 1.29 is 5.48 Å². The van der Waals surface area contributed by atoms with E-state index in [9.17, 15) is 0 Å². The van der Waals surface area contributed by atoms with E-state index in [-0.39, 0.29) is 40.6 Å². The third-order valence-corrected chi connectivity index (χ3v) is 3.67. The number of nitrogens with zero attached hydrogens (tertiary/aromatic N) is 2. The van der Waals surface area contributed by atoms with E-state index in [1.807, 2.05) is 12.1 Å². The molecule has 0 radical (unpaired) electrons. The monoisotopic (exact) mass is 320 g/mol. The molecule has 0 unspecified atom stereocenters. The van der Waals surface area contributed by atoms with Crippen LogP contribution in [0.15, 0.2) is 78.8 Å². The van der Waals surface area contributed by atoms with Gasteiger partial charge in [0.1, 0.15) is 0 Å². The molecule has 0 spiro atoms. The number of halogens is 1. The van der Waals surface area contributed by atoms with Crippen LogP contribution < -0.4 is 0 Å². The van der Waals surface area contributed by atoms with Crippen LogP contribution in [0.5, 0.6) is 0 Å². The Hall–Kier alpha value is -2.71. The van der Waals surface area contributed by atoms with Gasteiger partial charge in [0.05, 0.1) is 16.7 Å². The molecule has 1 aromatic heterocycles. The molecule has 4 rings (SSSR count). The van der Waals surface area contributed by atoms with Gasteiger partial charge in [-0.25, -0.2) is 9.97 Å². The average molecular weight is 321 g/mol. The van der Waals surface area contributed by atoms with Gasteiger partial charge in [0, 0.05) is 10.9 Å². The summed E-state index contributed by atoms with van der Waals surface area (Å²) < 4.78 is 33.9. The highest BCUT2D eigenvalue weighted by molar-refractivity contribution is 6.28. The predicted octanol–water partition coefficient (Wildman–Crippen LogP) is 5.62. The number of benzene rings is 3. The van der Waals surface area contributed by atoms with Gasteiger partial charge in [-0.05, 0) is 28.8 Å². The topological polar surface area (TPSA) is 25.8 Å². The zero-order valence-electron chi connectivity index (χ0n) is 16.0. The first kappa shape index (κ1) is 10.1. The first-order valence-electron chi connectivity index (χ1n) is 9.07. The SMILES string of the molecule is [2H]c1c([2H])c(-c2nc(Cl)nc3ccccc23)c([2H])c([2H])c1-c1ccccc1. The van der Waals surface area contributed by atoms with Gasteiger partial charge in [0.15, 0.2) is 0 Å². The largest absolute Gasteiger partial charge is 0.223 e. The highest BCUT2D eigenvalue weighted by atomic mass is 35.5. The molecule has 0 aliphatic carbocycles. The molecule has 0 aliphatic heterocycles. The Morgan fingerprint density at radius 3 is 2.13 bits per heavy atom. The second-order valence-corrected chi connectivity index (χ2v) is 5.31. The van der Waals surface area contributed by atoms with Crippen LogP contribution in [0.1, 0.15) is 5.48 Å². The van der Waals surface area contributed by atoms with Crippen molar-refractivity contribution in [3.8, 4) is 22.4 Å². The molecule has 23 heavy (non-hydrogen) atoms. The Balaban J connectivity index is 2.08. The molecule has 0 saturated heterocycles. The quantitative estimate of drug-likeness (QED) is 0.448. The zero-order valence-corrected chi connectivity index (χ0v) is 12.7. The fraction of sp³-hybridized carbons (Fsp3) is 0. The molecule has 0 aliphatic rings. The molecular formula is C20H13ClN2. The lowest BCUT2D eigenvalue weighted by Gasteiger charge is -2.07. The lowest BCUT2D eigenvalue weighted by molar-refractivity contribution is 1.22. The molecule has 0 fully saturated rings. The van der Waals surface area contributed by atoms with E-state index in [0.717, 1.165) is 0 Å². The van der Waals surface area contributed by atoms with Gasteiger partial charge in [0.2, 0.25) is 5.28 Å². The van der Waals surface area contributed by atoms with Crippen LogP contribution in [0.4, 0.5) is 0 Å². The van der Waals surface area contributed by atoms with Crippen LogP contribution in [0.3, 0.4) is 0 Å². The molecule has 0 bridgehead atoms. The number of fused-ring (bicyclic) bond motifs is 1. The molecule has 1 heterocycles. The Morgan fingerprint density at radius 1 is 0.696 bits per heavy atom. The normalized spacial score (nSPS) is 13.3. The molecular weight excluding hydrogens is 304 g/mol. The summed E-state index contributed by atoms with van der Waals surface area (Å²) in [6, 6.07) is 15.6. The smallest absolute Gasteiger partial charge is 0.218 e. The summed E-state index contributed by atoms with van der Waals surface area (Å²) >= 11 is 6.05. The molecule has 0 saturated carbocycles. The first-order chi connectivity index (χ1) is 13.0. The minimum atomic E-state index is -0.158. The van der Waals surface area contributed by atoms with Crippen molar-refractivity contribution in [2.24, 2.45) is 0 Å². The summed E-state index contributed by atoms with van der Waals surface area (Å²) in [5, 5.41) is 0.614. The zero-order chi connectivity index (χ0) is 19.1. The Morgan fingerprint density at radius 2 is 1.35 bits per heavy atom. The summed E-state index contributed by atoms with van der Waals surface area (Å²) in [5.41, 5.74) is 1.88. The molecule has 3 aromatic carbocycles. The second-order valence-electron chi connectivity index (χ2n) is 4.97. The third kappa shape index (κ3) is 2.69. The average Bonchev–Trinajstić information content (AvgIpc) is 2.67. The number of para-hydroxylation sites is 1. The van der Waals surface area contributed by atoms with E-state index >= 15 is 0 Å². The maximum Gasteiger partial charge on any atom is 0.223 e. The second kappa shape index (κ2) is 5.82. The number of hydrogen-bond acceptors (Lipinski definition) is 2. The number of aromatic nitrogens is 2. The van der Waals surface area contributed by atoms with Gasteiger partial charge in [0.25, 0.3) is 0 Å². The van der Waals surface area contributed by atoms with Gasteiger partial charge in [-0.1, -0.05) is 72.7 Å². The van der Waals surface area contributed by atoms with Crippen molar-refractivity contribution in [1.29, 1.82) is 0 Å². The van der Waals surface area contributed by atoms with Crippen molar-refractivity contribution in [3.05, 3.63) is 84.1 Å². The van der Waals surface area contributed by atoms with Gasteiger partial charge in [-0.3, -0.25) is 0 Å². The summed E-state index contributed by atoms with van der Waals surface area (Å²) in [5.74, 6) is 0. The lowest BCUT2D eigenvalue weighted by atomic mass is 10.0. The van der Waals surface area contributed by atoms with E-state index in [2.05, 4.69) is 9.97 Å². The molecule has 0 N–H and O–H groups in total. The van der Waals surface area contributed by atoms with Crippen molar-refractivity contribution in [2.75, 3.05) is 0 Å². The predicted molar refractivity (Wildman–Crippen MR) is 95.4 cm³/mol. The van der Waals surface area contributed by atoms with Gasteiger partial charge in [-0.2, -0.15) is 0 Å². The summed E-state index contributed by atoms with van der Waals surface area (Å²) in [4.78, 5) is 8.39. The van der Waals surface area contributed by atoms with Crippen LogP contribution in [0, 0.1) is 0 Å². The molecule has 3 heteroatoms. The highest BCUT2D eigenvalue weighted by Gasteiger charge is 2.08. The van der Waals surface area contributed by atoms with Crippen LogP contribution in [-0.4, -0.2) is 9.97 Å². The Kier molecular flexibility index (Phi) is 2.57. The molecule has 110 valence electrons. The maximum atomic E-state index is 8.51. The van der Waals surface area contributed by atoms with Gasteiger partial charge < -0.3 is 0 Å². The minimum Gasteiger partial charge on any atom is -0.218 e.